The lowest BCUT2D eigenvalue weighted by Gasteiger charge is -2.03. The minimum Gasteiger partial charge on any atom is -0.312 e. The second-order valence-electron chi connectivity index (χ2n) is 4.27. The highest BCUT2D eigenvalue weighted by atomic mass is 35.5. The van der Waals surface area contributed by atoms with Gasteiger partial charge in [-0.05, 0) is 31.7 Å². The standard InChI is InChI=1S/C11H18ClN3/c1-3-10-9(11(12)15(2)14-10)7-13-6-8-4-5-8/h8,13H,3-7H2,1-2H3. The van der Waals surface area contributed by atoms with Crippen molar-refractivity contribution in [1.29, 1.82) is 0 Å². The predicted octanol–water partition coefficient (Wildman–Crippen LogP) is 2.14. The second kappa shape index (κ2) is 4.54. The zero-order chi connectivity index (χ0) is 10.8. The smallest absolute Gasteiger partial charge is 0.131 e. The molecule has 0 bridgehead atoms. The molecule has 1 heterocycles. The summed E-state index contributed by atoms with van der Waals surface area (Å²) in [5.74, 6) is 0.908. The van der Waals surface area contributed by atoms with E-state index < -0.39 is 0 Å². The fraction of sp³-hybridized carbons (Fsp3) is 0.727. The Morgan fingerprint density at radius 3 is 2.87 bits per heavy atom. The minimum atomic E-state index is 0.773. The molecular formula is C11H18ClN3. The zero-order valence-corrected chi connectivity index (χ0v) is 10.1. The van der Waals surface area contributed by atoms with Gasteiger partial charge in [-0.15, -0.1) is 0 Å². The second-order valence-corrected chi connectivity index (χ2v) is 4.63. The molecule has 2 rings (SSSR count). The summed E-state index contributed by atoms with van der Waals surface area (Å²) < 4.78 is 1.76. The molecule has 0 unspecified atom stereocenters. The van der Waals surface area contributed by atoms with Crippen LogP contribution in [0.3, 0.4) is 0 Å². The van der Waals surface area contributed by atoms with Crippen LogP contribution >= 0.6 is 11.6 Å². The van der Waals surface area contributed by atoms with Crippen molar-refractivity contribution >= 4 is 11.6 Å². The molecule has 0 aliphatic heterocycles. The van der Waals surface area contributed by atoms with Crippen LogP contribution < -0.4 is 5.32 Å². The molecule has 0 radical (unpaired) electrons. The number of aromatic nitrogens is 2. The maximum atomic E-state index is 6.18. The van der Waals surface area contributed by atoms with E-state index in [1.165, 1.54) is 18.4 Å². The highest BCUT2D eigenvalue weighted by molar-refractivity contribution is 6.30. The normalized spacial score (nSPS) is 15.9. The molecular weight excluding hydrogens is 210 g/mol. The maximum Gasteiger partial charge on any atom is 0.131 e. The van der Waals surface area contributed by atoms with E-state index in [-0.39, 0.29) is 0 Å². The number of hydrogen-bond acceptors (Lipinski definition) is 2. The third kappa shape index (κ3) is 2.52. The van der Waals surface area contributed by atoms with Crippen LogP contribution in [0.15, 0.2) is 0 Å². The summed E-state index contributed by atoms with van der Waals surface area (Å²) in [6.45, 7) is 4.09. The van der Waals surface area contributed by atoms with Crippen LogP contribution in [0.5, 0.6) is 0 Å². The Balaban J connectivity index is 1.97. The van der Waals surface area contributed by atoms with Crippen molar-refractivity contribution in [3.05, 3.63) is 16.4 Å². The number of halogens is 1. The fourth-order valence-electron chi connectivity index (χ4n) is 1.78. The van der Waals surface area contributed by atoms with E-state index in [4.69, 9.17) is 11.6 Å². The SMILES string of the molecule is CCc1nn(C)c(Cl)c1CNCC1CC1. The first kappa shape index (κ1) is 11.0. The summed E-state index contributed by atoms with van der Waals surface area (Å²) in [5, 5.41) is 8.61. The van der Waals surface area contributed by atoms with Crippen LogP contribution in [0, 0.1) is 5.92 Å². The van der Waals surface area contributed by atoms with Gasteiger partial charge in [-0.3, -0.25) is 4.68 Å². The molecule has 1 saturated carbocycles. The van der Waals surface area contributed by atoms with Gasteiger partial charge in [-0.1, -0.05) is 18.5 Å². The van der Waals surface area contributed by atoms with Gasteiger partial charge in [0.15, 0.2) is 0 Å². The quantitative estimate of drug-likeness (QED) is 0.836. The van der Waals surface area contributed by atoms with Crippen LogP contribution in [-0.2, 0) is 20.0 Å². The summed E-state index contributed by atoms with van der Waals surface area (Å²) in [5.41, 5.74) is 2.29. The molecule has 1 aromatic rings. The average Bonchev–Trinajstić information content (AvgIpc) is 3.00. The van der Waals surface area contributed by atoms with Crippen molar-refractivity contribution in [3.63, 3.8) is 0 Å². The molecule has 1 aromatic heterocycles. The summed E-state index contributed by atoms with van der Waals surface area (Å²) in [4.78, 5) is 0. The first-order valence-electron chi connectivity index (χ1n) is 5.63. The van der Waals surface area contributed by atoms with Crippen molar-refractivity contribution < 1.29 is 0 Å². The molecule has 3 nitrogen and oxygen atoms in total. The van der Waals surface area contributed by atoms with Gasteiger partial charge < -0.3 is 5.32 Å². The molecule has 0 aromatic carbocycles. The van der Waals surface area contributed by atoms with E-state index in [1.807, 2.05) is 7.05 Å². The summed E-state index contributed by atoms with van der Waals surface area (Å²) >= 11 is 6.18. The maximum absolute atomic E-state index is 6.18. The summed E-state index contributed by atoms with van der Waals surface area (Å²) in [7, 11) is 1.89. The minimum absolute atomic E-state index is 0.773. The molecule has 1 N–H and O–H groups in total. The third-order valence-corrected chi connectivity index (χ3v) is 3.39. The van der Waals surface area contributed by atoms with Gasteiger partial charge in [-0.2, -0.15) is 5.10 Å². The van der Waals surface area contributed by atoms with Crippen molar-refractivity contribution in [1.82, 2.24) is 15.1 Å². The van der Waals surface area contributed by atoms with Gasteiger partial charge in [0.2, 0.25) is 0 Å². The predicted molar refractivity (Wildman–Crippen MR) is 62.0 cm³/mol. The van der Waals surface area contributed by atoms with Crippen LogP contribution in [0.2, 0.25) is 5.15 Å². The molecule has 0 spiro atoms. The van der Waals surface area contributed by atoms with E-state index >= 15 is 0 Å². The Morgan fingerprint density at radius 2 is 2.27 bits per heavy atom. The van der Waals surface area contributed by atoms with E-state index in [0.29, 0.717) is 0 Å². The lowest BCUT2D eigenvalue weighted by Crippen LogP contribution is -2.16. The van der Waals surface area contributed by atoms with E-state index in [0.717, 1.165) is 36.3 Å². The molecule has 1 aliphatic carbocycles. The summed E-state index contributed by atoms with van der Waals surface area (Å²) in [6.07, 6.45) is 3.71. The van der Waals surface area contributed by atoms with Crippen molar-refractivity contribution in [2.24, 2.45) is 13.0 Å². The van der Waals surface area contributed by atoms with E-state index in [1.54, 1.807) is 4.68 Å². The van der Waals surface area contributed by atoms with Crippen LogP contribution in [0.25, 0.3) is 0 Å². The summed E-state index contributed by atoms with van der Waals surface area (Å²) in [6, 6.07) is 0. The van der Waals surface area contributed by atoms with Crippen LogP contribution in [0.4, 0.5) is 0 Å². The van der Waals surface area contributed by atoms with Gasteiger partial charge in [-0.25, -0.2) is 0 Å². The van der Waals surface area contributed by atoms with Crippen molar-refractivity contribution in [3.8, 4) is 0 Å². The average molecular weight is 228 g/mol. The monoisotopic (exact) mass is 227 g/mol. The van der Waals surface area contributed by atoms with Gasteiger partial charge in [0.25, 0.3) is 0 Å². The number of aryl methyl sites for hydroxylation is 2. The van der Waals surface area contributed by atoms with Crippen LogP contribution in [-0.4, -0.2) is 16.3 Å². The molecule has 0 atom stereocenters. The zero-order valence-electron chi connectivity index (χ0n) is 9.39. The van der Waals surface area contributed by atoms with E-state index in [2.05, 4.69) is 17.3 Å². The first-order chi connectivity index (χ1) is 7.22. The molecule has 1 fully saturated rings. The molecule has 0 saturated heterocycles. The third-order valence-electron chi connectivity index (χ3n) is 2.92. The molecule has 84 valence electrons. The molecule has 0 amide bonds. The molecule has 4 heteroatoms. The Labute approximate surface area is 95.8 Å². The number of hydrogen-bond donors (Lipinski definition) is 1. The lowest BCUT2D eigenvalue weighted by atomic mass is 10.2. The fourth-order valence-corrected chi connectivity index (χ4v) is 2.00. The Bertz CT molecular complexity index is 342. The number of rotatable bonds is 5. The Hall–Kier alpha value is -0.540. The van der Waals surface area contributed by atoms with Gasteiger partial charge in [0, 0.05) is 19.2 Å². The Kier molecular flexibility index (Phi) is 3.32. The van der Waals surface area contributed by atoms with Crippen molar-refractivity contribution in [2.75, 3.05) is 6.54 Å². The largest absolute Gasteiger partial charge is 0.312 e. The van der Waals surface area contributed by atoms with Crippen LogP contribution in [0.1, 0.15) is 31.0 Å². The number of nitrogens with one attached hydrogen (secondary N) is 1. The van der Waals surface area contributed by atoms with Gasteiger partial charge in [0.1, 0.15) is 5.15 Å². The van der Waals surface area contributed by atoms with E-state index in [9.17, 15) is 0 Å². The Morgan fingerprint density at radius 1 is 1.53 bits per heavy atom. The van der Waals surface area contributed by atoms with Crippen molar-refractivity contribution in [2.45, 2.75) is 32.7 Å². The van der Waals surface area contributed by atoms with Gasteiger partial charge in [0.05, 0.1) is 5.69 Å². The molecule has 15 heavy (non-hydrogen) atoms. The highest BCUT2D eigenvalue weighted by Gasteiger charge is 2.21. The topological polar surface area (TPSA) is 29.9 Å². The lowest BCUT2D eigenvalue weighted by molar-refractivity contribution is 0.636. The first-order valence-corrected chi connectivity index (χ1v) is 6.01. The number of nitrogens with zero attached hydrogens (tertiary/aromatic N) is 2. The molecule has 1 aliphatic rings. The van der Waals surface area contributed by atoms with Gasteiger partial charge >= 0.3 is 0 Å². The highest BCUT2D eigenvalue weighted by Crippen LogP contribution is 2.28.